The second-order valence-electron chi connectivity index (χ2n) is 6.66. The quantitative estimate of drug-likeness (QED) is 0.678. The van der Waals surface area contributed by atoms with E-state index < -0.39 is 6.17 Å². The number of ether oxygens (including phenoxy) is 1. The lowest BCUT2D eigenvalue weighted by Crippen LogP contribution is -2.50. The predicted molar refractivity (Wildman–Crippen MR) is 119 cm³/mol. The van der Waals surface area contributed by atoms with Crippen molar-refractivity contribution in [3.63, 3.8) is 0 Å². The standard InChI is InChI=1S/C21H21BrN4O2S/c1-3-4-11-28-17-8-6-5-7-14(17)19-23-16-10-9-13(22)12-15(16)18-20(27)24-21(29-2)25-26(18)19/h5-10,12,19H,3-4,11H2,1-2H3,(H,24,25,27)/t19-/m1/s1. The molecule has 4 rings (SSSR count). The van der Waals surface area contributed by atoms with Gasteiger partial charge >= 0.3 is 0 Å². The number of carbonyl (C=O) groups is 1. The summed E-state index contributed by atoms with van der Waals surface area (Å²) in [6.07, 6.45) is 3.44. The zero-order chi connectivity index (χ0) is 20.4. The topological polar surface area (TPSA) is 66.3 Å². The molecule has 0 aliphatic carbocycles. The van der Waals surface area contributed by atoms with Crippen molar-refractivity contribution in [1.82, 2.24) is 10.3 Å². The Balaban J connectivity index is 1.89. The zero-order valence-corrected chi connectivity index (χ0v) is 18.6. The van der Waals surface area contributed by atoms with Gasteiger partial charge in [0, 0.05) is 15.3 Å². The van der Waals surface area contributed by atoms with Crippen LogP contribution in [-0.4, -0.2) is 28.9 Å². The van der Waals surface area contributed by atoms with Crippen LogP contribution >= 0.6 is 27.7 Å². The number of rotatable bonds is 5. The van der Waals surface area contributed by atoms with Crippen molar-refractivity contribution in [3.8, 4) is 5.75 Å². The maximum Gasteiger partial charge on any atom is 0.276 e. The van der Waals surface area contributed by atoms with Gasteiger partial charge in [-0.05, 0) is 36.9 Å². The number of benzene rings is 2. The molecule has 0 aromatic heterocycles. The molecule has 0 spiro atoms. The number of hydrogen-bond donors (Lipinski definition) is 1. The van der Waals surface area contributed by atoms with E-state index in [1.54, 1.807) is 5.01 Å². The first-order valence-corrected chi connectivity index (χ1v) is 11.5. The summed E-state index contributed by atoms with van der Waals surface area (Å²) in [6.45, 7) is 2.77. The summed E-state index contributed by atoms with van der Waals surface area (Å²) in [7, 11) is 0. The molecule has 2 aromatic rings. The van der Waals surface area contributed by atoms with Gasteiger partial charge in [0.05, 0.1) is 12.0 Å². The van der Waals surface area contributed by atoms with E-state index in [0.29, 0.717) is 17.5 Å². The first-order chi connectivity index (χ1) is 14.1. The summed E-state index contributed by atoms with van der Waals surface area (Å²) in [5.74, 6) is 0.578. The fourth-order valence-electron chi connectivity index (χ4n) is 3.30. The molecule has 1 N–H and O–H groups in total. The third-order valence-electron chi connectivity index (χ3n) is 4.72. The molecule has 1 amide bonds. The van der Waals surface area contributed by atoms with Crippen LogP contribution < -0.4 is 20.6 Å². The Kier molecular flexibility index (Phi) is 5.91. The molecule has 2 aliphatic heterocycles. The molecule has 2 aliphatic rings. The van der Waals surface area contributed by atoms with Crippen LogP contribution in [0.3, 0.4) is 0 Å². The van der Waals surface area contributed by atoms with Crippen LogP contribution in [0.25, 0.3) is 5.70 Å². The molecule has 29 heavy (non-hydrogen) atoms. The van der Waals surface area contributed by atoms with E-state index in [4.69, 9.17) is 9.73 Å². The fourth-order valence-corrected chi connectivity index (χ4v) is 4.02. The Labute approximate surface area is 181 Å². The number of hydrazone groups is 1. The minimum absolute atomic E-state index is 0.187. The second kappa shape index (κ2) is 8.59. The lowest BCUT2D eigenvalue weighted by Gasteiger charge is -2.34. The van der Waals surface area contributed by atoms with Crippen molar-refractivity contribution < 1.29 is 9.53 Å². The molecule has 0 saturated carbocycles. The van der Waals surface area contributed by atoms with Gasteiger partial charge in [-0.2, -0.15) is 0 Å². The summed E-state index contributed by atoms with van der Waals surface area (Å²) in [5, 5.41) is 11.3. The molecule has 0 fully saturated rings. The molecule has 1 atom stereocenters. The average Bonchev–Trinajstić information content (AvgIpc) is 2.73. The molecule has 2 heterocycles. The van der Waals surface area contributed by atoms with Crippen molar-refractivity contribution >= 4 is 44.5 Å². The maximum absolute atomic E-state index is 13.0. The number of para-hydroxylation sites is 1. The Morgan fingerprint density at radius 2 is 2.10 bits per heavy atom. The van der Waals surface area contributed by atoms with Crippen LogP contribution in [0.1, 0.15) is 31.5 Å². The molecular formula is C21H21BrN4O2S. The van der Waals surface area contributed by atoms with Crippen LogP contribution in [0.15, 0.2) is 57.0 Å². The number of unbranched alkanes of at least 4 members (excludes halogenated alkanes) is 1. The van der Waals surface area contributed by atoms with Gasteiger partial charge in [-0.1, -0.05) is 59.2 Å². The van der Waals surface area contributed by atoms with E-state index in [9.17, 15) is 4.79 Å². The summed E-state index contributed by atoms with van der Waals surface area (Å²) >= 11 is 4.88. The predicted octanol–water partition coefficient (Wildman–Crippen LogP) is 3.13. The van der Waals surface area contributed by atoms with Crippen LogP contribution in [0.2, 0.25) is 0 Å². The molecule has 0 unspecified atom stereocenters. The highest BCUT2D eigenvalue weighted by Crippen LogP contribution is 2.35. The molecule has 8 heteroatoms. The largest absolute Gasteiger partial charge is 0.493 e. The number of amides is 1. The second-order valence-corrected chi connectivity index (χ2v) is 8.37. The van der Waals surface area contributed by atoms with Gasteiger partial charge in [0.2, 0.25) is 0 Å². The fraction of sp³-hybridized carbons (Fsp3) is 0.286. The Hall–Kier alpha value is -2.32. The third kappa shape index (κ3) is 3.91. The number of halogens is 1. The van der Waals surface area contributed by atoms with E-state index in [2.05, 4.69) is 33.3 Å². The van der Waals surface area contributed by atoms with E-state index in [0.717, 1.165) is 39.2 Å². The minimum atomic E-state index is -0.482. The minimum Gasteiger partial charge on any atom is -0.493 e. The molecule has 150 valence electrons. The van der Waals surface area contributed by atoms with Gasteiger partial charge in [0.15, 0.2) is 11.3 Å². The van der Waals surface area contributed by atoms with Crippen molar-refractivity contribution in [2.24, 2.45) is 10.1 Å². The summed E-state index contributed by atoms with van der Waals surface area (Å²) in [4.78, 5) is 17.9. The Bertz CT molecular complexity index is 1100. The Morgan fingerprint density at radius 3 is 2.90 bits per heavy atom. The monoisotopic (exact) mass is 472 g/mol. The van der Waals surface area contributed by atoms with Crippen LogP contribution in [-0.2, 0) is 4.79 Å². The number of carbonyl (C=O) groups excluding carboxylic acids is 1. The normalized spacial score (nSPS) is 17.7. The van der Waals surface area contributed by atoms with Gasteiger partial charge in [-0.15, -0.1) is 5.10 Å². The van der Waals surface area contributed by atoms with Crippen molar-refractivity contribution in [2.45, 2.75) is 25.9 Å². The van der Waals surface area contributed by atoms with Crippen LogP contribution in [0, 0.1) is 0 Å². The van der Waals surface area contributed by atoms with Crippen molar-refractivity contribution in [1.29, 1.82) is 0 Å². The van der Waals surface area contributed by atoms with E-state index >= 15 is 0 Å². The lowest BCUT2D eigenvalue weighted by atomic mass is 10.1. The summed E-state index contributed by atoms with van der Waals surface area (Å²) in [6, 6.07) is 13.6. The molecule has 2 aromatic carbocycles. The number of fused-ring (bicyclic) bond motifs is 2. The number of thioether (sulfide) groups is 1. The van der Waals surface area contributed by atoms with Gasteiger partial charge in [-0.3, -0.25) is 15.1 Å². The summed E-state index contributed by atoms with van der Waals surface area (Å²) < 4.78 is 6.92. The van der Waals surface area contributed by atoms with Gasteiger partial charge < -0.3 is 4.74 Å². The maximum atomic E-state index is 13.0. The molecule has 0 saturated heterocycles. The van der Waals surface area contributed by atoms with Crippen molar-refractivity contribution in [2.75, 3.05) is 12.9 Å². The van der Waals surface area contributed by atoms with E-state index in [1.807, 2.05) is 48.7 Å². The number of amidine groups is 1. The van der Waals surface area contributed by atoms with Crippen LogP contribution in [0.5, 0.6) is 5.75 Å². The molecule has 0 radical (unpaired) electrons. The van der Waals surface area contributed by atoms with Crippen LogP contribution in [0.4, 0.5) is 0 Å². The number of hydrogen-bond acceptors (Lipinski definition) is 6. The highest BCUT2D eigenvalue weighted by Gasteiger charge is 2.35. The van der Waals surface area contributed by atoms with Gasteiger partial charge in [0.1, 0.15) is 11.4 Å². The first kappa shape index (κ1) is 20.0. The SMILES string of the molecule is CCCCOc1ccccc1[C@@H]1N=c2ccc(Br)cc2=C2C(=O)NC(SC)=NN21. The average molecular weight is 473 g/mol. The molecule has 6 nitrogen and oxygen atoms in total. The highest BCUT2D eigenvalue weighted by atomic mass is 79.9. The third-order valence-corrected chi connectivity index (χ3v) is 5.78. The molecule has 0 bridgehead atoms. The lowest BCUT2D eigenvalue weighted by molar-refractivity contribution is -0.116. The van der Waals surface area contributed by atoms with E-state index in [-0.39, 0.29) is 5.91 Å². The van der Waals surface area contributed by atoms with Gasteiger partial charge in [0.25, 0.3) is 5.91 Å². The first-order valence-electron chi connectivity index (χ1n) is 9.45. The van der Waals surface area contributed by atoms with Crippen molar-refractivity contribution in [3.05, 3.63) is 63.1 Å². The number of nitrogens with zero attached hydrogens (tertiary/aromatic N) is 3. The Morgan fingerprint density at radius 1 is 1.28 bits per heavy atom. The summed E-state index contributed by atoms with van der Waals surface area (Å²) in [5.41, 5.74) is 1.37. The van der Waals surface area contributed by atoms with E-state index in [1.165, 1.54) is 11.8 Å². The molecular weight excluding hydrogens is 452 g/mol. The number of nitrogens with one attached hydrogen (secondary N) is 1. The smallest absolute Gasteiger partial charge is 0.276 e. The zero-order valence-electron chi connectivity index (χ0n) is 16.2. The highest BCUT2D eigenvalue weighted by molar-refractivity contribution is 9.10. The van der Waals surface area contributed by atoms with Gasteiger partial charge in [-0.25, -0.2) is 5.01 Å².